The highest BCUT2D eigenvalue weighted by Crippen LogP contribution is 2.14. The van der Waals surface area contributed by atoms with E-state index in [0.29, 0.717) is 25.5 Å². The van der Waals surface area contributed by atoms with Gasteiger partial charge < -0.3 is 20.5 Å². The van der Waals surface area contributed by atoms with E-state index in [1.165, 1.54) is 7.11 Å². The summed E-state index contributed by atoms with van der Waals surface area (Å²) >= 11 is 0. The molecule has 2 atom stereocenters. The lowest BCUT2D eigenvalue weighted by Gasteiger charge is -2.15. The number of ether oxygens (including phenoxy) is 1. The Morgan fingerprint density at radius 3 is 2.54 bits per heavy atom. The van der Waals surface area contributed by atoms with E-state index in [-0.39, 0.29) is 35.9 Å². The highest BCUT2D eigenvalue weighted by Gasteiger charge is 2.12. The molecule has 2 unspecified atom stereocenters. The summed E-state index contributed by atoms with van der Waals surface area (Å²) in [7, 11) is 1.37. The number of aliphatic hydroxyl groups is 1. The zero-order valence-corrected chi connectivity index (χ0v) is 16.8. The van der Waals surface area contributed by atoms with Crippen LogP contribution in [0.25, 0.3) is 0 Å². The van der Waals surface area contributed by atoms with Crippen LogP contribution in [0.3, 0.4) is 0 Å². The summed E-state index contributed by atoms with van der Waals surface area (Å²) in [5, 5.41) is 16.4. The maximum atomic E-state index is 11.4. The third-order valence-corrected chi connectivity index (χ3v) is 3.37. The van der Waals surface area contributed by atoms with Gasteiger partial charge in [-0.1, -0.05) is 37.3 Å². The van der Waals surface area contributed by atoms with Gasteiger partial charge in [0, 0.05) is 13.1 Å². The number of hydrogen-bond acceptors (Lipinski definition) is 4. The number of nitrogens with one attached hydrogen (secondary N) is 2. The lowest BCUT2D eigenvalue weighted by molar-refractivity contribution is -0.144. The topological polar surface area (TPSA) is 83.0 Å². The molecule has 0 aliphatic heterocycles. The van der Waals surface area contributed by atoms with Crippen molar-refractivity contribution in [3.05, 3.63) is 35.9 Å². The lowest BCUT2D eigenvalue weighted by Crippen LogP contribution is -2.38. The van der Waals surface area contributed by atoms with Gasteiger partial charge in [-0.2, -0.15) is 0 Å². The zero-order chi connectivity index (χ0) is 17.1. The Morgan fingerprint density at radius 1 is 1.29 bits per heavy atom. The first-order valence-electron chi connectivity index (χ1n) is 7.91. The van der Waals surface area contributed by atoms with Crippen molar-refractivity contribution in [3.63, 3.8) is 0 Å². The Morgan fingerprint density at radius 2 is 1.96 bits per heavy atom. The molecule has 3 N–H and O–H groups in total. The fraction of sp³-hybridized carbons (Fsp3) is 0.529. The number of guanidine groups is 1. The molecule has 1 rings (SSSR count). The maximum Gasteiger partial charge on any atom is 0.310 e. The Kier molecular flexibility index (Phi) is 12.3. The second-order valence-electron chi connectivity index (χ2n) is 5.29. The number of carbonyl (C=O) groups excluding carboxylic acids is 1. The highest BCUT2D eigenvalue weighted by atomic mass is 127. The molecule has 0 fully saturated rings. The van der Waals surface area contributed by atoms with Gasteiger partial charge in [-0.25, -0.2) is 0 Å². The smallest absolute Gasteiger partial charge is 0.310 e. The molecule has 0 saturated heterocycles. The molecule has 0 aliphatic rings. The van der Waals surface area contributed by atoms with Crippen molar-refractivity contribution in [3.8, 4) is 0 Å². The van der Waals surface area contributed by atoms with Crippen molar-refractivity contribution in [1.82, 2.24) is 10.6 Å². The van der Waals surface area contributed by atoms with E-state index >= 15 is 0 Å². The molecule has 1 aromatic rings. The summed E-state index contributed by atoms with van der Waals surface area (Å²) in [4.78, 5) is 15.7. The SMILES string of the molecule is CCNC(=NCC(C)C(=O)OC)NCCC(O)c1ccccc1.I. The van der Waals surface area contributed by atoms with Crippen LogP contribution in [0.2, 0.25) is 0 Å². The molecule has 0 heterocycles. The van der Waals surface area contributed by atoms with Gasteiger partial charge in [0.15, 0.2) is 5.96 Å². The van der Waals surface area contributed by atoms with Gasteiger partial charge in [0.1, 0.15) is 0 Å². The van der Waals surface area contributed by atoms with Crippen LogP contribution in [0.5, 0.6) is 0 Å². The first-order valence-corrected chi connectivity index (χ1v) is 7.91. The number of esters is 1. The first-order chi connectivity index (χ1) is 11.1. The van der Waals surface area contributed by atoms with Gasteiger partial charge in [0.2, 0.25) is 0 Å². The first kappa shape index (κ1) is 22.6. The highest BCUT2D eigenvalue weighted by molar-refractivity contribution is 14.0. The minimum Gasteiger partial charge on any atom is -0.469 e. The summed E-state index contributed by atoms with van der Waals surface area (Å²) < 4.78 is 4.68. The van der Waals surface area contributed by atoms with Crippen molar-refractivity contribution in [2.75, 3.05) is 26.7 Å². The maximum absolute atomic E-state index is 11.4. The molecule has 6 nitrogen and oxygen atoms in total. The van der Waals surface area contributed by atoms with Crippen LogP contribution in [0.4, 0.5) is 0 Å². The molecule has 0 aliphatic carbocycles. The largest absolute Gasteiger partial charge is 0.469 e. The predicted octanol–water partition coefficient (Wildman–Crippen LogP) is 2.09. The molecule has 136 valence electrons. The van der Waals surface area contributed by atoms with Crippen molar-refractivity contribution in [2.45, 2.75) is 26.4 Å². The summed E-state index contributed by atoms with van der Waals surface area (Å²) in [6.45, 7) is 5.40. The number of benzene rings is 1. The van der Waals surface area contributed by atoms with E-state index in [1.807, 2.05) is 37.3 Å². The third kappa shape index (κ3) is 8.49. The van der Waals surface area contributed by atoms with Crippen LogP contribution < -0.4 is 10.6 Å². The molecule has 0 aromatic heterocycles. The number of nitrogens with zero attached hydrogens (tertiary/aromatic N) is 1. The minimum absolute atomic E-state index is 0. The normalized spacial score (nSPS) is 13.4. The van der Waals surface area contributed by atoms with E-state index in [2.05, 4.69) is 20.4 Å². The summed E-state index contributed by atoms with van der Waals surface area (Å²) in [5.74, 6) is 0.0676. The number of hydrogen-bond donors (Lipinski definition) is 3. The standard InChI is InChI=1S/C17H27N3O3.HI/c1-4-18-17(20-12-13(2)16(22)23-3)19-11-10-15(21)14-8-6-5-7-9-14;/h5-9,13,15,21H,4,10-12H2,1-3H3,(H2,18,19,20);1H. The second kappa shape index (κ2) is 13.0. The molecule has 0 bridgehead atoms. The van der Waals surface area contributed by atoms with Gasteiger partial charge in [0.05, 0.1) is 25.7 Å². The molecular weight excluding hydrogens is 421 g/mol. The van der Waals surface area contributed by atoms with Crippen LogP contribution in [0, 0.1) is 5.92 Å². The Balaban J connectivity index is 0.00000529. The number of aliphatic hydroxyl groups excluding tert-OH is 1. The van der Waals surface area contributed by atoms with Crippen LogP contribution in [-0.4, -0.2) is 43.8 Å². The van der Waals surface area contributed by atoms with Gasteiger partial charge in [-0.05, 0) is 18.9 Å². The van der Waals surface area contributed by atoms with Crippen molar-refractivity contribution in [2.24, 2.45) is 10.9 Å². The van der Waals surface area contributed by atoms with Crippen molar-refractivity contribution in [1.29, 1.82) is 0 Å². The third-order valence-electron chi connectivity index (χ3n) is 3.37. The van der Waals surface area contributed by atoms with Crippen molar-refractivity contribution < 1.29 is 14.6 Å². The molecule has 24 heavy (non-hydrogen) atoms. The number of methoxy groups -OCH3 is 1. The molecule has 0 radical (unpaired) electrons. The van der Waals surface area contributed by atoms with E-state index in [4.69, 9.17) is 0 Å². The van der Waals surface area contributed by atoms with Gasteiger partial charge in [0.25, 0.3) is 0 Å². The van der Waals surface area contributed by atoms with E-state index in [9.17, 15) is 9.90 Å². The van der Waals surface area contributed by atoms with E-state index < -0.39 is 6.10 Å². The second-order valence-corrected chi connectivity index (χ2v) is 5.29. The average Bonchev–Trinajstić information content (AvgIpc) is 2.59. The van der Waals surface area contributed by atoms with Gasteiger partial charge >= 0.3 is 5.97 Å². The Labute approximate surface area is 161 Å². The Hall–Kier alpha value is -1.35. The predicted molar refractivity (Wildman–Crippen MR) is 107 cm³/mol. The summed E-state index contributed by atoms with van der Waals surface area (Å²) in [5.41, 5.74) is 0.899. The van der Waals surface area contributed by atoms with Gasteiger partial charge in [-0.15, -0.1) is 24.0 Å². The fourth-order valence-electron chi connectivity index (χ4n) is 2.01. The number of aliphatic imine (C=N–C) groups is 1. The number of carbonyl (C=O) groups is 1. The number of rotatable bonds is 8. The zero-order valence-electron chi connectivity index (χ0n) is 14.5. The molecule has 1 aromatic carbocycles. The summed E-state index contributed by atoms with van der Waals surface area (Å²) in [6, 6.07) is 9.55. The van der Waals surface area contributed by atoms with E-state index in [0.717, 1.165) is 12.1 Å². The molecule has 0 spiro atoms. The molecule has 0 saturated carbocycles. The quantitative estimate of drug-likeness (QED) is 0.245. The Bertz CT molecular complexity index is 497. The monoisotopic (exact) mass is 449 g/mol. The average molecular weight is 449 g/mol. The van der Waals surface area contributed by atoms with Crippen LogP contribution in [0.15, 0.2) is 35.3 Å². The van der Waals surface area contributed by atoms with Crippen LogP contribution >= 0.6 is 24.0 Å². The molecule has 7 heteroatoms. The van der Waals surface area contributed by atoms with E-state index in [1.54, 1.807) is 6.92 Å². The van der Waals surface area contributed by atoms with Crippen LogP contribution in [0.1, 0.15) is 31.9 Å². The molecule has 0 amide bonds. The fourth-order valence-corrected chi connectivity index (χ4v) is 2.01. The number of halogens is 1. The van der Waals surface area contributed by atoms with Crippen molar-refractivity contribution >= 4 is 35.9 Å². The van der Waals surface area contributed by atoms with Gasteiger partial charge in [-0.3, -0.25) is 9.79 Å². The summed E-state index contributed by atoms with van der Waals surface area (Å²) in [6.07, 6.45) is 0.0571. The molecular formula is C17H28IN3O3. The lowest BCUT2D eigenvalue weighted by atomic mass is 10.1. The minimum atomic E-state index is -0.513. The van der Waals surface area contributed by atoms with Crippen LogP contribution in [-0.2, 0) is 9.53 Å².